The van der Waals surface area contributed by atoms with Crippen molar-refractivity contribution in [3.8, 4) is 17.4 Å². The van der Waals surface area contributed by atoms with Gasteiger partial charge in [-0.25, -0.2) is 0 Å². The molecule has 1 amide bonds. The van der Waals surface area contributed by atoms with Gasteiger partial charge in [-0.15, -0.1) is 0 Å². The Bertz CT molecular complexity index is 1220. The van der Waals surface area contributed by atoms with Gasteiger partial charge in [0.1, 0.15) is 23.2 Å². The van der Waals surface area contributed by atoms with Gasteiger partial charge < -0.3 is 9.73 Å². The minimum atomic E-state index is -4.58. The van der Waals surface area contributed by atoms with E-state index >= 15 is 0 Å². The molecule has 0 fully saturated rings. The predicted molar refractivity (Wildman–Crippen MR) is 104 cm³/mol. The van der Waals surface area contributed by atoms with Gasteiger partial charge in [-0.3, -0.25) is 14.9 Å². The van der Waals surface area contributed by atoms with Crippen LogP contribution in [0, 0.1) is 21.4 Å². The molecule has 0 unspecified atom stereocenters. The van der Waals surface area contributed by atoms with Crippen LogP contribution in [0.25, 0.3) is 17.4 Å². The van der Waals surface area contributed by atoms with Gasteiger partial charge in [0.05, 0.1) is 16.1 Å². The van der Waals surface area contributed by atoms with E-state index in [1.54, 1.807) is 12.1 Å². The fourth-order valence-electron chi connectivity index (χ4n) is 2.68. The Kier molecular flexibility index (Phi) is 5.88. The summed E-state index contributed by atoms with van der Waals surface area (Å²) in [4.78, 5) is 22.9. The monoisotopic (exact) mass is 427 g/mol. The van der Waals surface area contributed by atoms with Gasteiger partial charge in [0.15, 0.2) is 0 Å². The van der Waals surface area contributed by atoms with Crippen LogP contribution < -0.4 is 5.32 Å². The molecule has 0 spiro atoms. The van der Waals surface area contributed by atoms with Crippen molar-refractivity contribution in [2.75, 3.05) is 5.32 Å². The number of amides is 1. The third-order valence-electron chi connectivity index (χ3n) is 4.09. The van der Waals surface area contributed by atoms with Crippen LogP contribution in [0.5, 0.6) is 0 Å². The van der Waals surface area contributed by atoms with Gasteiger partial charge in [0.2, 0.25) is 0 Å². The molecule has 0 radical (unpaired) electrons. The number of nitro groups is 1. The lowest BCUT2D eigenvalue weighted by Crippen LogP contribution is -2.14. The molecule has 31 heavy (non-hydrogen) atoms. The Labute approximate surface area is 173 Å². The number of nitrogens with one attached hydrogen (secondary N) is 1. The highest BCUT2D eigenvalue weighted by atomic mass is 19.4. The molecule has 1 aromatic heterocycles. The molecular formula is C21H12F3N3O4. The fourth-order valence-corrected chi connectivity index (χ4v) is 2.68. The van der Waals surface area contributed by atoms with Gasteiger partial charge in [0, 0.05) is 17.8 Å². The largest absolute Gasteiger partial charge is 0.456 e. The number of hydrogen-bond donors (Lipinski definition) is 1. The summed E-state index contributed by atoms with van der Waals surface area (Å²) < 4.78 is 43.9. The number of para-hydroxylation sites is 1. The normalized spacial score (nSPS) is 11.6. The van der Waals surface area contributed by atoms with Crippen molar-refractivity contribution in [1.82, 2.24) is 0 Å². The van der Waals surface area contributed by atoms with E-state index in [0.29, 0.717) is 0 Å². The number of halogens is 3. The number of nitro benzene ring substituents is 1. The molecule has 1 heterocycles. The number of nitriles is 1. The smallest absolute Gasteiger partial charge is 0.416 e. The highest BCUT2D eigenvalue weighted by Crippen LogP contribution is 2.32. The Morgan fingerprint density at radius 2 is 1.87 bits per heavy atom. The van der Waals surface area contributed by atoms with E-state index in [1.807, 2.05) is 0 Å². The lowest BCUT2D eigenvalue weighted by Gasteiger charge is -2.09. The SMILES string of the molecule is N#C/C(=C\c1ccc(-c2ccccc2[N+](=O)[O-])o1)C(=O)Nc1cccc(C(F)(F)F)c1. The minimum Gasteiger partial charge on any atom is -0.456 e. The lowest BCUT2D eigenvalue weighted by atomic mass is 10.1. The molecule has 0 aliphatic carbocycles. The average molecular weight is 427 g/mol. The number of alkyl halides is 3. The number of anilines is 1. The number of benzene rings is 2. The molecule has 0 saturated heterocycles. The summed E-state index contributed by atoms with van der Waals surface area (Å²) in [6.07, 6.45) is -3.50. The van der Waals surface area contributed by atoms with E-state index in [0.717, 1.165) is 24.3 Å². The van der Waals surface area contributed by atoms with Crippen molar-refractivity contribution in [2.45, 2.75) is 6.18 Å². The first kappa shape index (κ1) is 21.3. The van der Waals surface area contributed by atoms with Gasteiger partial charge in [0.25, 0.3) is 11.6 Å². The Morgan fingerprint density at radius 1 is 1.13 bits per heavy atom. The quantitative estimate of drug-likeness (QED) is 0.253. The molecule has 0 atom stereocenters. The average Bonchev–Trinajstić information content (AvgIpc) is 3.20. The van der Waals surface area contributed by atoms with Crippen molar-refractivity contribution in [2.24, 2.45) is 0 Å². The summed E-state index contributed by atoms with van der Waals surface area (Å²) in [6, 6.07) is 14.3. The van der Waals surface area contributed by atoms with Crippen LogP contribution >= 0.6 is 0 Å². The van der Waals surface area contributed by atoms with Gasteiger partial charge in [-0.2, -0.15) is 18.4 Å². The van der Waals surface area contributed by atoms with Crippen LogP contribution in [-0.2, 0) is 11.0 Å². The number of hydrogen-bond acceptors (Lipinski definition) is 5. The number of rotatable bonds is 5. The van der Waals surface area contributed by atoms with Crippen LogP contribution in [0.4, 0.5) is 24.5 Å². The Morgan fingerprint density at radius 3 is 2.55 bits per heavy atom. The predicted octanol–water partition coefficient (Wildman–Crippen LogP) is 5.42. The second-order valence-corrected chi connectivity index (χ2v) is 6.18. The molecule has 0 bridgehead atoms. The molecule has 0 aliphatic heterocycles. The van der Waals surface area contributed by atoms with Crippen LogP contribution in [-0.4, -0.2) is 10.8 Å². The molecule has 7 nitrogen and oxygen atoms in total. The van der Waals surface area contributed by atoms with Crippen LogP contribution in [0.3, 0.4) is 0 Å². The first-order valence-corrected chi connectivity index (χ1v) is 8.63. The molecule has 0 aliphatic rings. The van der Waals surface area contributed by atoms with Gasteiger partial charge >= 0.3 is 6.18 Å². The summed E-state index contributed by atoms with van der Waals surface area (Å²) in [5.41, 5.74) is -1.50. The van der Waals surface area contributed by atoms with E-state index in [-0.39, 0.29) is 28.5 Å². The molecule has 3 rings (SSSR count). The molecule has 10 heteroatoms. The zero-order valence-electron chi connectivity index (χ0n) is 15.5. The first-order valence-electron chi connectivity index (χ1n) is 8.63. The third kappa shape index (κ3) is 4.97. The Balaban J connectivity index is 1.84. The molecule has 2 aromatic carbocycles. The molecule has 156 valence electrons. The second-order valence-electron chi connectivity index (χ2n) is 6.18. The zero-order chi connectivity index (χ0) is 22.6. The maximum absolute atomic E-state index is 12.8. The molecular weight excluding hydrogens is 415 g/mol. The molecule has 1 N–H and O–H groups in total. The fraction of sp³-hybridized carbons (Fsp3) is 0.0476. The second kappa shape index (κ2) is 8.54. The summed E-state index contributed by atoms with van der Waals surface area (Å²) in [7, 11) is 0. The maximum atomic E-state index is 12.8. The standard InChI is InChI=1S/C21H12F3N3O4/c22-21(23,24)14-4-3-5-15(11-14)26-20(28)13(12-25)10-16-8-9-19(31-16)17-6-1-2-7-18(17)27(29)30/h1-11H,(H,26,28)/b13-10+. The van der Waals surface area contributed by atoms with E-state index in [2.05, 4.69) is 5.32 Å². The van der Waals surface area contributed by atoms with E-state index in [4.69, 9.17) is 4.42 Å². The Hall–Kier alpha value is -4.39. The van der Waals surface area contributed by atoms with Crippen molar-refractivity contribution >= 4 is 23.4 Å². The van der Waals surface area contributed by atoms with Gasteiger partial charge in [-0.05, 0) is 36.4 Å². The first-order chi connectivity index (χ1) is 14.7. The van der Waals surface area contributed by atoms with Crippen LogP contribution in [0.1, 0.15) is 11.3 Å². The number of carbonyl (C=O) groups is 1. The lowest BCUT2D eigenvalue weighted by molar-refractivity contribution is -0.384. The maximum Gasteiger partial charge on any atom is 0.416 e. The number of nitrogens with zero attached hydrogens (tertiary/aromatic N) is 2. The third-order valence-corrected chi connectivity index (χ3v) is 4.09. The summed E-state index contributed by atoms with van der Waals surface area (Å²) in [5, 5.41) is 22.7. The van der Waals surface area contributed by atoms with Crippen LogP contribution in [0.2, 0.25) is 0 Å². The molecule has 0 saturated carbocycles. The minimum absolute atomic E-state index is 0.0592. The van der Waals surface area contributed by atoms with E-state index in [1.165, 1.54) is 36.4 Å². The number of furan rings is 1. The van der Waals surface area contributed by atoms with E-state index in [9.17, 15) is 33.3 Å². The van der Waals surface area contributed by atoms with Crippen LogP contribution in [0.15, 0.2) is 70.7 Å². The summed E-state index contributed by atoms with van der Waals surface area (Å²) >= 11 is 0. The number of carbonyl (C=O) groups excluding carboxylic acids is 1. The highest BCUT2D eigenvalue weighted by Gasteiger charge is 2.30. The summed E-state index contributed by atoms with van der Waals surface area (Å²) in [6.45, 7) is 0. The van der Waals surface area contributed by atoms with Crippen molar-refractivity contribution in [1.29, 1.82) is 5.26 Å². The van der Waals surface area contributed by atoms with Crippen molar-refractivity contribution < 1.29 is 27.3 Å². The topological polar surface area (TPSA) is 109 Å². The zero-order valence-corrected chi connectivity index (χ0v) is 15.5. The van der Waals surface area contributed by atoms with E-state index < -0.39 is 28.1 Å². The molecule has 3 aromatic rings. The summed E-state index contributed by atoms with van der Waals surface area (Å²) in [5.74, 6) is -0.733. The van der Waals surface area contributed by atoms with Crippen molar-refractivity contribution in [3.05, 3.63) is 87.7 Å². The van der Waals surface area contributed by atoms with Gasteiger partial charge in [-0.1, -0.05) is 18.2 Å². The highest BCUT2D eigenvalue weighted by molar-refractivity contribution is 6.09. The van der Waals surface area contributed by atoms with Crippen molar-refractivity contribution in [3.63, 3.8) is 0 Å².